The molecule has 0 heterocycles. The minimum atomic E-state index is -0.528. The van der Waals surface area contributed by atoms with Crippen LogP contribution in [0.4, 0.5) is 5.69 Å². The standard InChI is InChI=1S/C25H24BrNO5/c1-17-23(25(29)32-19-11-7-4-8-12-19)21(31-16-18-9-5-3-6-10-18)15-20(26)24(17)27-14-13-22(28)30-2/h3-12,15,27H,13-14,16H2,1-2H3. The van der Waals surface area contributed by atoms with Crippen LogP contribution in [0.2, 0.25) is 0 Å². The highest BCUT2D eigenvalue weighted by atomic mass is 79.9. The Morgan fingerprint density at radius 1 is 1.00 bits per heavy atom. The fourth-order valence-corrected chi connectivity index (χ4v) is 3.75. The van der Waals surface area contributed by atoms with Gasteiger partial charge in [0.25, 0.3) is 0 Å². The van der Waals surface area contributed by atoms with Crippen LogP contribution in [0.3, 0.4) is 0 Å². The van der Waals surface area contributed by atoms with Crippen molar-refractivity contribution in [3.05, 3.63) is 87.9 Å². The zero-order chi connectivity index (χ0) is 22.9. The monoisotopic (exact) mass is 497 g/mol. The highest BCUT2D eigenvalue weighted by molar-refractivity contribution is 9.10. The third-order valence-electron chi connectivity index (χ3n) is 4.75. The number of benzene rings is 3. The number of ether oxygens (including phenoxy) is 3. The van der Waals surface area contributed by atoms with Gasteiger partial charge in [0.15, 0.2) is 0 Å². The van der Waals surface area contributed by atoms with Gasteiger partial charge in [-0.3, -0.25) is 4.79 Å². The van der Waals surface area contributed by atoms with Crippen molar-refractivity contribution in [1.29, 1.82) is 0 Å². The van der Waals surface area contributed by atoms with Crippen LogP contribution in [0.5, 0.6) is 11.5 Å². The number of carbonyl (C=O) groups is 2. The Morgan fingerprint density at radius 2 is 1.66 bits per heavy atom. The third-order valence-corrected chi connectivity index (χ3v) is 5.37. The van der Waals surface area contributed by atoms with E-state index in [1.165, 1.54) is 7.11 Å². The number of esters is 2. The minimum absolute atomic E-state index is 0.193. The average Bonchev–Trinajstić information content (AvgIpc) is 2.80. The number of halogens is 1. The number of hydrogen-bond donors (Lipinski definition) is 1. The lowest BCUT2D eigenvalue weighted by molar-refractivity contribution is -0.140. The van der Waals surface area contributed by atoms with E-state index >= 15 is 0 Å². The van der Waals surface area contributed by atoms with Crippen molar-refractivity contribution in [2.24, 2.45) is 0 Å². The van der Waals surface area contributed by atoms with E-state index in [1.807, 2.05) is 43.3 Å². The van der Waals surface area contributed by atoms with E-state index < -0.39 is 5.97 Å². The molecule has 0 atom stereocenters. The number of methoxy groups -OCH3 is 1. The lowest BCUT2D eigenvalue weighted by Crippen LogP contribution is -2.16. The largest absolute Gasteiger partial charge is 0.488 e. The summed E-state index contributed by atoms with van der Waals surface area (Å²) >= 11 is 3.55. The molecule has 0 aliphatic rings. The number of carbonyl (C=O) groups excluding carboxylic acids is 2. The van der Waals surface area contributed by atoms with Crippen LogP contribution in [-0.2, 0) is 16.1 Å². The second-order valence-electron chi connectivity index (χ2n) is 6.96. The first-order chi connectivity index (χ1) is 15.5. The first-order valence-electron chi connectivity index (χ1n) is 10.1. The molecule has 0 bridgehead atoms. The zero-order valence-electron chi connectivity index (χ0n) is 17.9. The van der Waals surface area contributed by atoms with E-state index in [0.717, 1.165) is 5.56 Å². The molecular weight excluding hydrogens is 474 g/mol. The van der Waals surface area contributed by atoms with E-state index in [1.54, 1.807) is 30.3 Å². The molecule has 6 nitrogen and oxygen atoms in total. The minimum Gasteiger partial charge on any atom is -0.488 e. The molecule has 32 heavy (non-hydrogen) atoms. The van der Waals surface area contributed by atoms with Crippen molar-refractivity contribution in [3.63, 3.8) is 0 Å². The summed E-state index contributed by atoms with van der Waals surface area (Å²) in [5, 5.41) is 3.20. The molecule has 0 radical (unpaired) electrons. The second-order valence-corrected chi connectivity index (χ2v) is 7.82. The number of para-hydroxylation sites is 1. The molecule has 3 rings (SSSR count). The molecule has 0 aliphatic carbocycles. The first kappa shape index (κ1) is 23.3. The SMILES string of the molecule is COC(=O)CCNc1c(Br)cc(OCc2ccccc2)c(C(=O)Oc2ccccc2)c1C. The number of hydrogen-bond acceptors (Lipinski definition) is 6. The fraction of sp³-hybridized carbons (Fsp3) is 0.200. The van der Waals surface area contributed by atoms with E-state index in [-0.39, 0.29) is 12.4 Å². The van der Waals surface area contributed by atoms with Gasteiger partial charge in [0.05, 0.1) is 19.2 Å². The topological polar surface area (TPSA) is 73.9 Å². The summed E-state index contributed by atoms with van der Waals surface area (Å²) < 4.78 is 17.0. The summed E-state index contributed by atoms with van der Waals surface area (Å²) in [7, 11) is 1.35. The maximum absolute atomic E-state index is 13.1. The molecule has 0 spiro atoms. The van der Waals surface area contributed by atoms with Crippen molar-refractivity contribution >= 4 is 33.6 Å². The van der Waals surface area contributed by atoms with Crippen molar-refractivity contribution in [2.75, 3.05) is 19.0 Å². The van der Waals surface area contributed by atoms with Gasteiger partial charge in [-0.2, -0.15) is 0 Å². The van der Waals surface area contributed by atoms with Crippen LogP contribution in [0.1, 0.15) is 27.9 Å². The Balaban J connectivity index is 1.91. The van der Waals surface area contributed by atoms with E-state index in [9.17, 15) is 9.59 Å². The zero-order valence-corrected chi connectivity index (χ0v) is 19.5. The van der Waals surface area contributed by atoms with E-state index in [0.29, 0.717) is 45.9 Å². The molecule has 0 aliphatic heterocycles. The molecule has 3 aromatic carbocycles. The quantitative estimate of drug-likeness (QED) is 0.309. The maximum atomic E-state index is 13.1. The lowest BCUT2D eigenvalue weighted by atomic mass is 10.0. The number of rotatable bonds is 9. The van der Waals surface area contributed by atoms with Gasteiger partial charge < -0.3 is 19.5 Å². The van der Waals surface area contributed by atoms with Crippen LogP contribution >= 0.6 is 15.9 Å². The van der Waals surface area contributed by atoms with Crippen molar-refractivity contribution in [2.45, 2.75) is 20.0 Å². The molecule has 0 amide bonds. The van der Waals surface area contributed by atoms with Crippen LogP contribution in [0.25, 0.3) is 0 Å². The summed E-state index contributed by atoms with van der Waals surface area (Å²) in [4.78, 5) is 24.6. The lowest BCUT2D eigenvalue weighted by Gasteiger charge is -2.19. The van der Waals surface area contributed by atoms with Gasteiger partial charge in [-0.1, -0.05) is 48.5 Å². The van der Waals surface area contributed by atoms with Crippen molar-refractivity contribution in [3.8, 4) is 11.5 Å². The van der Waals surface area contributed by atoms with Crippen LogP contribution < -0.4 is 14.8 Å². The van der Waals surface area contributed by atoms with E-state index in [2.05, 4.69) is 26.0 Å². The predicted octanol–water partition coefficient (Wildman–Crippen LogP) is 5.53. The van der Waals surface area contributed by atoms with Crippen LogP contribution in [0, 0.1) is 6.92 Å². The molecule has 1 N–H and O–H groups in total. The molecule has 166 valence electrons. The summed E-state index contributed by atoms with van der Waals surface area (Å²) in [6, 6.07) is 20.3. The average molecular weight is 498 g/mol. The smallest absolute Gasteiger partial charge is 0.347 e. The first-order valence-corrected chi connectivity index (χ1v) is 10.9. The second kappa shape index (κ2) is 11.3. The van der Waals surface area contributed by atoms with E-state index in [4.69, 9.17) is 9.47 Å². The van der Waals surface area contributed by atoms with Gasteiger partial charge in [0, 0.05) is 11.0 Å². The molecule has 7 heteroatoms. The summed E-state index contributed by atoms with van der Waals surface area (Å²) in [6.07, 6.45) is 0.193. The van der Waals surface area contributed by atoms with Gasteiger partial charge in [-0.15, -0.1) is 0 Å². The molecule has 0 fully saturated rings. The van der Waals surface area contributed by atoms with Crippen LogP contribution in [0.15, 0.2) is 71.2 Å². The van der Waals surface area contributed by atoms with Gasteiger partial charge in [-0.05, 0) is 52.2 Å². The Bertz CT molecular complexity index is 1070. The Hall–Kier alpha value is -3.32. The highest BCUT2D eigenvalue weighted by Crippen LogP contribution is 2.37. The Kier molecular flexibility index (Phi) is 8.27. The molecule has 3 aromatic rings. The Morgan fingerprint density at radius 3 is 2.31 bits per heavy atom. The number of anilines is 1. The van der Waals surface area contributed by atoms with Gasteiger partial charge in [0.1, 0.15) is 23.7 Å². The Labute approximate surface area is 195 Å². The van der Waals surface area contributed by atoms with Crippen LogP contribution in [-0.4, -0.2) is 25.6 Å². The van der Waals surface area contributed by atoms with Gasteiger partial charge >= 0.3 is 11.9 Å². The highest BCUT2D eigenvalue weighted by Gasteiger charge is 2.23. The fourth-order valence-electron chi connectivity index (χ4n) is 3.11. The maximum Gasteiger partial charge on any atom is 0.347 e. The summed E-state index contributed by atoms with van der Waals surface area (Å²) in [5.41, 5.74) is 2.62. The molecule has 0 saturated carbocycles. The summed E-state index contributed by atoms with van der Waals surface area (Å²) in [6.45, 7) is 2.46. The number of nitrogens with one attached hydrogen (secondary N) is 1. The van der Waals surface area contributed by atoms with Crippen molar-refractivity contribution < 1.29 is 23.8 Å². The summed E-state index contributed by atoms with van der Waals surface area (Å²) in [5.74, 6) is -0.00946. The molecule has 0 unspecified atom stereocenters. The van der Waals surface area contributed by atoms with Crippen molar-refractivity contribution in [1.82, 2.24) is 0 Å². The third kappa shape index (κ3) is 6.11. The molecular formula is C25H24BrNO5. The predicted molar refractivity (Wildman–Crippen MR) is 126 cm³/mol. The molecule has 0 aromatic heterocycles. The molecule has 0 saturated heterocycles. The normalized spacial score (nSPS) is 10.3. The van der Waals surface area contributed by atoms with Gasteiger partial charge in [0.2, 0.25) is 0 Å². The van der Waals surface area contributed by atoms with Gasteiger partial charge in [-0.25, -0.2) is 4.79 Å².